The first-order valence-corrected chi connectivity index (χ1v) is 9.65. The lowest BCUT2D eigenvalue weighted by Crippen LogP contribution is -2.22. The summed E-state index contributed by atoms with van der Waals surface area (Å²) in [6, 6.07) is 7.38. The van der Waals surface area contributed by atoms with Gasteiger partial charge in [0.25, 0.3) is 5.91 Å². The molecule has 1 N–H and O–H groups in total. The van der Waals surface area contributed by atoms with Crippen LogP contribution in [0.5, 0.6) is 0 Å². The molecule has 1 unspecified atom stereocenters. The van der Waals surface area contributed by atoms with E-state index >= 15 is 0 Å². The number of imidazole rings is 1. The Bertz CT molecular complexity index is 1140. The van der Waals surface area contributed by atoms with E-state index in [1.54, 1.807) is 24.5 Å². The maximum Gasteiger partial charge on any atom is 0.287 e. The number of rotatable bonds is 6. The number of fused-ring (bicyclic) bond motifs is 1. The number of amides is 1. The number of furan rings is 1. The zero-order chi connectivity index (χ0) is 19.6. The Morgan fingerprint density at radius 3 is 3.14 bits per heavy atom. The van der Waals surface area contributed by atoms with E-state index in [-0.39, 0.29) is 11.7 Å². The molecule has 1 amide bonds. The van der Waals surface area contributed by atoms with Crippen LogP contribution >= 0.6 is 0 Å². The molecule has 0 radical (unpaired) electrons. The summed E-state index contributed by atoms with van der Waals surface area (Å²) in [5, 5.41) is 7.29. The molecule has 4 aromatic rings. The summed E-state index contributed by atoms with van der Waals surface area (Å²) < 4.78 is 15.0. The zero-order valence-corrected chi connectivity index (χ0v) is 15.8. The van der Waals surface area contributed by atoms with Crippen molar-refractivity contribution in [3.05, 3.63) is 66.6 Å². The average molecular weight is 391 g/mol. The van der Waals surface area contributed by atoms with Gasteiger partial charge in [-0.3, -0.25) is 9.48 Å². The van der Waals surface area contributed by atoms with Gasteiger partial charge in [-0.1, -0.05) is 0 Å². The van der Waals surface area contributed by atoms with E-state index in [0.29, 0.717) is 18.2 Å². The van der Waals surface area contributed by atoms with Crippen molar-refractivity contribution in [3.8, 4) is 11.3 Å². The highest BCUT2D eigenvalue weighted by Gasteiger charge is 2.18. The first-order chi connectivity index (χ1) is 14.2. The van der Waals surface area contributed by atoms with Crippen LogP contribution < -0.4 is 5.32 Å². The van der Waals surface area contributed by atoms with Gasteiger partial charge in [0.05, 0.1) is 18.4 Å². The molecule has 8 nitrogen and oxygen atoms in total. The van der Waals surface area contributed by atoms with Gasteiger partial charge in [-0.15, -0.1) is 0 Å². The number of nitrogens with zero attached hydrogens (tertiary/aromatic N) is 4. The van der Waals surface area contributed by atoms with Crippen LogP contribution in [0.2, 0.25) is 0 Å². The number of aromatic nitrogens is 4. The smallest absolute Gasteiger partial charge is 0.287 e. The Balaban J connectivity index is 1.22. The average Bonchev–Trinajstić information content (AvgIpc) is 3.53. The molecule has 4 aromatic heterocycles. The van der Waals surface area contributed by atoms with E-state index in [0.717, 1.165) is 43.0 Å². The van der Waals surface area contributed by atoms with Crippen molar-refractivity contribution >= 4 is 11.6 Å². The van der Waals surface area contributed by atoms with Gasteiger partial charge in [0, 0.05) is 50.4 Å². The molecule has 29 heavy (non-hydrogen) atoms. The van der Waals surface area contributed by atoms with Crippen LogP contribution in [0.25, 0.3) is 17.0 Å². The van der Waals surface area contributed by atoms with E-state index in [4.69, 9.17) is 9.15 Å². The monoisotopic (exact) mass is 391 g/mol. The summed E-state index contributed by atoms with van der Waals surface area (Å²) >= 11 is 0. The van der Waals surface area contributed by atoms with E-state index in [2.05, 4.69) is 15.4 Å². The lowest BCUT2D eigenvalue weighted by Gasteiger charge is -2.06. The van der Waals surface area contributed by atoms with Crippen LogP contribution in [0, 0.1) is 5.92 Å². The fraction of sp³-hybridized carbons (Fsp3) is 0.286. The molecule has 148 valence electrons. The van der Waals surface area contributed by atoms with Crippen LogP contribution in [-0.4, -0.2) is 38.3 Å². The molecule has 0 aromatic carbocycles. The third-order valence-electron chi connectivity index (χ3n) is 5.13. The lowest BCUT2D eigenvalue weighted by atomic mass is 10.1. The number of ether oxygens (including phenoxy) is 1. The minimum Gasteiger partial charge on any atom is -0.451 e. The molecular formula is C21H21N5O3. The maximum absolute atomic E-state index is 12.5. The summed E-state index contributed by atoms with van der Waals surface area (Å²) in [6.07, 6.45) is 10.3. The van der Waals surface area contributed by atoms with Crippen molar-refractivity contribution < 1.29 is 13.9 Å². The van der Waals surface area contributed by atoms with Crippen LogP contribution in [0.1, 0.15) is 22.5 Å². The molecule has 0 aliphatic carbocycles. The van der Waals surface area contributed by atoms with Crippen LogP contribution in [0.4, 0.5) is 0 Å². The third kappa shape index (κ3) is 3.79. The molecule has 5 rings (SSSR count). The second kappa shape index (κ2) is 7.56. The Labute approximate surface area is 167 Å². The SMILES string of the molecule is O=C(NCc1ccn2ccnc2c1)c1ccc(-c2cnn(CC3CCOC3)c2)o1. The predicted octanol–water partition coefficient (Wildman–Crippen LogP) is 2.76. The van der Waals surface area contributed by atoms with E-state index in [1.165, 1.54) is 0 Å². The summed E-state index contributed by atoms with van der Waals surface area (Å²) in [7, 11) is 0. The van der Waals surface area contributed by atoms with Gasteiger partial charge in [-0.2, -0.15) is 5.10 Å². The number of hydrogen-bond donors (Lipinski definition) is 1. The highest BCUT2D eigenvalue weighted by Crippen LogP contribution is 2.23. The number of carbonyl (C=O) groups excluding carboxylic acids is 1. The summed E-state index contributed by atoms with van der Waals surface area (Å²) in [5.74, 6) is 1.15. The van der Waals surface area contributed by atoms with Crippen molar-refractivity contribution in [3.63, 3.8) is 0 Å². The highest BCUT2D eigenvalue weighted by atomic mass is 16.5. The highest BCUT2D eigenvalue weighted by molar-refractivity contribution is 5.92. The quantitative estimate of drug-likeness (QED) is 0.546. The first kappa shape index (κ1) is 17.7. The lowest BCUT2D eigenvalue weighted by molar-refractivity contribution is 0.0924. The van der Waals surface area contributed by atoms with Gasteiger partial charge in [0.15, 0.2) is 5.76 Å². The predicted molar refractivity (Wildman–Crippen MR) is 105 cm³/mol. The number of hydrogen-bond acceptors (Lipinski definition) is 5. The molecule has 1 atom stereocenters. The minimum atomic E-state index is -0.255. The molecule has 0 spiro atoms. The Hall–Kier alpha value is -3.39. The molecule has 1 saturated heterocycles. The van der Waals surface area contributed by atoms with Gasteiger partial charge in [-0.25, -0.2) is 4.98 Å². The van der Waals surface area contributed by atoms with Crippen molar-refractivity contribution in [2.45, 2.75) is 19.5 Å². The van der Waals surface area contributed by atoms with Crippen LogP contribution in [-0.2, 0) is 17.8 Å². The Morgan fingerprint density at radius 2 is 2.24 bits per heavy atom. The molecular weight excluding hydrogens is 370 g/mol. The van der Waals surface area contributed by atoms with Crippen molar-refractivity contribution in [1.82, 2.24) is 24.5 Å². The van der Waals surface area contributed by atoms with Gasteiger partial charge >= 0.3 is 0 Å². The van der Waals surface area contributed by atoms with Gasteiger partial charge in [-0.05, 0) is 36.2 Å². The van der Waals surface area contributed by atoms with Crippen LogP contribution in [0.3, 0.4) is 0 Å². The maximum atomic E-state index is 12.5. The largest absolute Gasteiger partial charge is 0.451 e. The number of nitrogens with one attached hydrogen (secondary N) is 1. The molecule has 1 aliphatic heterocycles. The van der Waals surface area contributed by atoms with E-state index < -0.39 is 0 Å². The first-order valence-electron chi connectivity index (χ1n) is 9.65. The second-order valence-corrected chi connectivity index (χ2v) is 7.25. The minimum absolute atomic E-state index is 0.255. The number of carbonyl (C=O) groups is 1. The van der Waals surface area contributed by atoms with E-state index in [9.17, 15) is 4.79 Å². The summed E-state index contributed by atoms with van der Waals surface area (Å²) in [4.78, 5) is 16.7. The Morgan fingerprint density at radius 1 is 1.28 bits per heavy atom. The van der Waals surface area contributed by atoms with E-state index in [1.807, 2.05) is 39.8 Å². The molecule has 1 aliphatic rings. The molecule has 0 saturated carbocycles. The number of pyridine rings is 1. The van der Waals surface area contributed by atoms with Crippen LogP contribution in [0.15, 0.2) is 59.7 Å². The summed E-state index contributed by atoms with van der Waals surface area (Å²) in [5.41, 5.74) is 2.67. The molecule has 0 bridgehead atoms. The van der Waals surface area contributed by atoms with Gasteiger partial charge < -0.3 is 18.9 Å². The Kier molecular flexibility index (Phi) is 4.61. The second-order valence-electron chi connectivity index (χ2n) is 7.25. The third-order valence-corrected chi connectivity index (χ3v) is 5.13. The molecule has 5 heterocycles. The topological polar surface area (TPSA) is 86.6 Å². The molecule has 8 heteroatoms. The van der Waals surface area contributed by atoms with Crippen molar-refractivity contribution in [2.75, 3.05) is 13.2 Å². The standard InChI is InChI=1S/C21H21N5O3/c27-21(23-10-15-3-6-25-7-5-22-20(25)9-15)19-2-1-18(29-19)17-11-24-26(13-17)12-16-4-8-28-14-16/h1-3,5-7,9,11,13,16H,4,8,10,12,14H2,(H,23,27). The fourth-order valence-electron chi connectivity index (χ4n) is 3.53. The fourth-order valence-corrected chi connectivity index (χ4v) is 3.53. The summed E-state index contributed by atoms with van der Waals surface area (Å²) in [6.45, 7) is 2.84. The van der Waals surface area contributed by atoms with Crippen molar-refractivity contribution in [2.24, 2.45) is 5.92 Å². The molecule has 1 fully saturated rings. The normalized spacial score (nSPS) is 16.5. The van der Waals surface area contributed by atoms with Gasteiger partial charge in [0.1, 0.15) is 11.4 Å². The van der Waals surface area contributed by atoms with Gasteiger partial charge in [0.2, 0.25) is 0 Å². The zero-order valence-electron chi connectivity index (χ0n) is 15.8. The van der Waals surface area contributed by atoms with Crippen molar-refractivity contribution in [1.29, 1.82) is 0 Å².